The van der Waals surface area contributed by atoms with Gasteiger partial charge in [0.15, 0.2) is 0 Å². The lowest BCUT2D eigenvalue weighted by atomic mass is 9.87. The Kier molecular flexibility index (Phi) is 3.85. The van der Waals surface area contributed by atoms with E-state index < -0.39 is 0 Å². The van der Waals surface area contributed by atoms with E-state index in [1.54, 1.807) is 0 Å². The lowest BCUT2D eigenvalue weighted by Crippen LogP contribution is -2.35. The number of likely N-dealkylation sites (tertiary alicyclic amines) is 1. The fourth-order valence-corrected chi connectivity index (χ4v) is 3.18. The smallest absolute Gasteiger partial charge is 0.255 e. The van der Waals surface area contributed by atoms with E-state index in [-0.39, 0.29) is 12.2 Å². The summed E-state index contributed by atoms with van der Waals surface area (Å²) >= 11 is 0. The van der Waals surface area contributed by atoms with Gasteiger partial charge in [0.2, 0.25) is 0 Å². The van der Waals surface area contributed by atoms with Crippen molar-refractivity contribution >= 4 is 10.8 Å². The van der Waals surface area contributed by atoms with Gasteiger partial charge in [0.1, 0.15) is 0 Å². The van der Waals surface area contributed by atoms with Crippen molar-refractivity contribution in [3.63, 3.8) is 0 Å². The average Bonchev–Trinajstić information content (AvgIpc) is 2.49. The van der Waals surface area contributed by atoms with Crippen LogP contribution in [0.25, 0.3) is 10.8 Å². The highest BCUT2D eigenvalue weighted by Crippen LogP contribution is 2.31. The maximum atomic E-state index is 11.9. The molecule has 4 nitrogen and oxygen atoms in total. The molecule has 1 aliphatic rings. The molecule has 106 valence electrons. The molecular weight excluding hydrogens is 252 g/mol. The summed E-state index contributed by atoms with van der Waals surface area (Å²) in [7, 11) is 0. The Morgan fingerprint density at radius 2 is 1.90 bits per heavy atom. The Bertz CT molecular complexity index is 642. The van der Waals surface area contributed by atoms with Crippen molar-refractivity contribution < 1.29 is 5.11 Å². The average molecular weight is 272 g/mol. The van der Waals surface area contributed by atoms with Gasteiger partial charge < -0.3 is 15.0 Å². The topological polar surface area (TPSA) is 56.3 Å². The SMILES string of the molecule is O=c1[nH]cc(C2CCN(CCO)CC2)c2ccccc12. The maximum absolute atomic E-state index is 11.9. The number of benzene rings is 1. The van der Waals surface area contributed by atoms with Crippen molar-refractivity contribution in [2.75, 3.05) is 26.2 Å². The largest absolute Gasteiger partial charge is 0.395 e. The molecule has 1 fully saturated rings. The minimum Gasteiger partial charge on any atom is -0.395 e. The molecule has 0 amide bonds. The molecule has 1 aromatic heterocycles. The van der Waals surface area contributed by atoms with E-state index in [0.717, 1.165) is 43.2 Å². The van der Waals surface area contributed by atoms with Gasteiger partial charge in [-0.15, -0.1) is 0 Å². The molecule has 0 spiro atoms. The van der Waals surface area contributed by atoms with Crippen LogP contribution >= 0.6 is 0 Å². The first-order valence-electron chi connectivity index (χ1n) is 7.23. The van der Waals surface area contributed by atoms with Gasteiger partial charge in [-0.3, -0.25) is 4.79 Å². The number of nitrogens with zero attached hydrogens (tertiary/aromatic N) is 1. The van der Waals surface area contributed by atoms with E-state index in [9.17, 15) is 4.79 Å². The molecule has 1 aromatic carbocycles. The van der Waals surface area contributed by atoms with Crippen LogP contribution in [0.3, 0.4) is 0 Å². The van der Waals surface area contributed by atoms with Crippen molar-refractivity contribution in [3.8, 4) is 0 Å². The van der Waals surface area contributed by atoms with Crippen LogP contribution in [0.15, 0.2) is 35.3 Å². The van der Waals surface area contributed by atoms with Crippen LogP contribution in [-0.2, 0) is 0 Å². The predicted octanol–water partition coefficient (Wildman–Crippen LogP) is 1.70. The van der Waals surface area contributed by atoms with Crippen LogP contribution in [0, 0.1) is 0 Å². The molecule has 4 heteroatoms. The molecule has 2 heterocycles. The summed E-state index contributed by atoms with van der Waals surface area (Å²) in [6.07, 6.45) is 4.04. The van der Waals surface area contributed by atoms with Crippen molar-refractivity contribution in [3.05, 3.63) is 46.4 Å². The summed E-state index contributed by atoms with van der Waals surface area (Å²) in [6.45, 7) is 3.02. The van der Waals surface area contributed by atoms with Crippen LogP contribution in [0.5, 0.6) is 0 Å². The number of aromatic amines is 1. The lowest BCUT2D eigenvalue weighted by molar-refractivity contribution is 0.164. The predicted molar refractivity (Wildman–Crippen MR) is 80.1 cm³/mol. The van der Waals surface area contributed by atoms with Crippen LogP contribution in [-0.4, -0.2) is 41.2 Å². The quantitative estimate of drug-likeness (QED) is 0.894. The zero-order valence-corrected chi connectivity index (χ0v) is 11.5. The van der Waals surface area contributed by atoms with Gasteiger partial charge in [-0.2, -0.15) is 0 Å². The molecule has 20 heavy (non-hydrogen) atoms. The second kappa shape index (κ2) is 5.77. The van der Waals surface area contributed by atoms with Crippen molar-refractivity contribution in [1.82, 2.24) is 9.88 Å². The van der Waals surface area contributed by atoms with E-state index in [4.69, 9.17) is 5.11 Å². The summed E-state index contributed by atoms with van der Waals surface area (Å²) in [5.74, 6) is 0.492. The third-order valence-corrected chi connectivity index (χ3v) is 4.29. The number of fused-ring (bicyclic) bond motifs is 1. The van der Waals surface area contributed by atoms with Gasteiger partial charge >= 0.3 is 0 Å². The minimum atomic E-state index is -0.0120. The molecule has 2 N–H and O–H groups in total. The highest BCUT2D eigenvalue weighted by molar-refractivity contribution is 5.85. The molecule has 0 unspecified atom stereocenters. The number of β-amino-alcohol motifs (C(OH)–C–C–N with tert-alkyl or cyclic N) is 1. The summed E-state index contributed by atoms with van der Waals surface area (Å²) in [5, 5.41) is 10.9. The van der Waals surface area contributed by atoms with Crippen molar-refractivity contribution in [1.29, 1.82) is 0 Å². The number of aliphatic hydroxyl groups excluding tert-OH is 1. The van der Waals surface area contributed by atoms with E-state index in [1.165, 1.54) is 5.56 Å². The minimum absolute atomic E-state index is 0.0120. The Morgan fingerprint density at radius 1 is 1.20 bits per heavy atom. The molecule has 2 aromatic rings. The highest BCUT2D eigenvalue weighted by Gasteiger charge is 2.22. The molecule has 0 atom stereocenters. The second-order valence-electron chi connectivity index (χ2n) is 5.46. The van der Waals surface area contributed by atoms with Gasteiger partial charge in [0.25, 0.3) is 5.56 Å². The Labute approximate surface area is 118 Å². The van der Waals surface area contributed by atoms with E-state index in [1.807, 2.05) is 30.5 Å². The molecule has 1 saturated heterocycles. The van der Waals surface area contributed by atoms with Crippen LogP contribution in [0.1, 0.15) is 24.3 Å². The number of H-pyrrole nitrogens is 1. The third kappa shape index (κ3) is 2.49. The summed E-state index contributed by atoms with van der Waals surface area (Å²) < 4.78 is 0. The van der Waals surface area contributed by atoms with Crippen LogP contribution in [0.4, 0.5) is 0 Å². The zero-order valence-electron chi connectivity index (χ0n) is 11.5. The first-order chi connectivity index (χ1) is 9.79. The summed E-state index contributed by atoms with van der Waals surface area (Å²) in [6, 6.07) is 7.83. The normalized spacial score (nSPS) is 17.6. The van der Waals surface area contributed by atoms with E-state index in [0.29, 0.717) is 5.92 Å². The fraction of sp³-hybridized carbons (Fsp3) is 0.438. The molecule has 1 aliphatic heterocycles. The molecule has 0 radical (unpaired) electrons. The Hall–Kier alpha value is -1.65. The summed E-state index contributed by atoms with van der Waals surface area (Å²) in [4.78, 5) is 17.0. The number of aliphatic hydroxyl groups is 1. The van der Waals surface area contributed by atoms with Crippen LogP contribution < -0.4 is 5.56 Å². The van der Waals surface area contributed by atoms with Gasteiger partial charge in [-0.05, 0) is 48.9 Å². The van der Waals surface area contributed by atoms with Crippen molar-refractivity contribution in [2.24, 2.45) is 0 Å². The molecule has 0 saturated carbocycles. The number of nitrogens with one attached hydrogen (secondary N) is 1. The van der Waals surface area contributed by atoms with Crippen LogP contribution in [0.2, 0.25) is 0 Å². The zero-order chi connectivity index (χ0) is 13.9. The maximum Gasteiger partial charge on any atom is 0.255 e. The Morgan fingerprint density at radius 3 is 2.60 bits per heavy atom. The number of piperidine rings is 1. The lowest BCUT2D eigenvalue weighted by Gasteiger charge is -2.32. The monoisotopic (exact) mass is 272 g/mol. The summed E-state index contributed by atoms with van der Waals surface area (Å²) in [5.41, 5.74) is 1.24. The number of aromatic nitrogens is 1. The standard InChI is InChI=1S/C16H20N2O2/c19-10-9-18-7-5-12(6-8-18)15-11-17-16(20)14-4-2-1-3-13(14)15/h1-4,11-12,19H,5-10H2,(H,17,20). The Balaban J connectivity index is 1.89. The molecular formula is C16H20N2O2. The van der Waals surface area contributed by atoms with Gasteiger partial charge in [0.05, 0.1) is 6.61 Å². The molecule has 0 bridgehead atoms. The van der Waals surface area contributed by atoms with Gasteiger partial charge in [0, 0.05) is 18.1 Å². The van der Waals surface area contributed by atoms with E-state index in [2.05, 4.69) is 9.88 Å². The number of hydrogen-bond donors (Lipinski definition) is 2. The number of rotatable bonds is 3. The second-order valence-corrected chi connectivity index (χ2v) is 5.46. The number of hydrogen-bond acceptors (Lipinski definition) is 3. The van der Waals surface area contributed by atoms with Crippen molar-refractivity contribution in [2.45, 2.75) is 18.8 Å². The van der Waals surface area contributed by atoms with Gasteiger partial charge in [-0.25, -0.2) is 0 Å². The number of pyridine rings is 1. The molecule has 0 aliphatic carbocycles. The van der Waals surface area contributed by atoms with Gasteiger partial charge in [-0.1, -0.05) is 18.2 Å². The first-order valence-corrected chi connectivity index (χ1v) is 7.23. The fourth-order valence-electron chi connectivity index (χ4n) is 3.18. The highest BCUT2D eigenvalue weighted by atomic mass is 16.3. The third-order valence-electron chi connectivity index (χ3n) is 4.29. The molecule has 3 rings (SSSR count). The first kappa shape index (κ1) is 13.3. The van der Waals surface area contributed by atoms with E-state index >= 15 is 0 Å².